The summed E-state index contributed by atoms with van der Waals surface area (Å²) in [4.78, 5) is 11.9. The Balaban J connectivity index is 2.19. The molecule has 0 atom stereocenters. The van der Waals surface area contributed by atoms with Crippen LogP contribution < -0.4 is 0 Å². The Hall–Kier alpha value is -1.94. The molecule has 0 radical (unpaired) electrons. The molecule has 4 heteroatoms. The fraction of sp³-hybridized carbons (Fsp3) is 0.133. The first-order valence-corrected chi connectivity index (χ1v) is 7.11. The van der Waals surface area contributed by atoms with Crippen molar-refractivity contribution in [2.45, 2.75) is 11.3 Å². The van der Waals surface area contributed by atoms with Crippen LogP contribution >= 0.6 is 11.8 Å². The lowest BCUT2D eigenvalue weighted by Gasteiger charge is -1.97. The second kappa shape index (κ2) is 4.63. The topological polar surface area (TPSA) is 50.4 Å². The van der Waals surface area contributed by atoms with Gasteiger partial charge >= 0.3 is 5.97 Å². The normalized spacial score (nSPS) is 11.2. The SMILES string of the molecule is CSc1ccc2oc3cc(CC(=O)O)ccc3c2c1. The fourth-order valence-electron chi connectivity index (χ4n) is 2.21. The lowest BCUT2D eigenvalue weighted by Crippen LogP contribution is -1.99. The summed E-state index contributed by atoms with van der Waals surface area (Å²) in [5.74, 6) is -0.833. The van der Waals surface area contributed by atoms with Crippen molar-refractivity contribution >= 4 is 39.7 Å². The summed E-state index contributed by atoms with van der Waals surface area (Å²) in [6, 6.07) is 11.7. The van der Waals surface area contributed by atoms with Gasteiger partial charge in [-0.3, -0.25) is 4.79 Å². The molecule has 0 fully saturated rings. The minimum absolute atomic E-state index is 0.0169. The number of thioether (sulfide) groups is 1. The molecule has 0 spiro atoms. The third kappa shape index (κ3) is 2.19. The number of aliphatic carboxylic acids is 1. The van der Waals surface area contributed by atoms with Gasteiger partial charge < -0.3 is 9.52 Å². The van der Waals surface area contributed by atoms with E-state index in [0.29, 0.717) is 0 Å². The Morgan fingerprint density at radius 3 is 2.74 bits per heavy atom. The summed E-state index contributed by atoms with van der Waals surface area (Å²) < 4.78 is 5.77. The molecular formula is C15H12O3S. The predicted octanol–water partition coefficient (Wildman–Crippen LogP) is 3.94. The van der Waals surface area contributed by atoms with Crippen LogP contribution in [0, 0.1) is 0 Å². The van der Waals surface area contributed by atoms with Crippen molar-refractivity contribution in [3.8, 4) is 0 Å². The molecule has 1 aromatic heterocycles. The van der Waals surface area contributed by atoms with Crippen molar-refractivity contribution in [1.82, 2.24) is 0 Å². The van der Waals surface area contributed by atoms with Crippen LogP contribution in [0.5, 0.6) is 0 Å². The van der Waals surface area contributed by atoms with E-state index in [4.69, 9.17) is 9.52 Å². The highest BCUT2D eigenvalue weighted by molar-refractivity contribution is 7.98. The standard InChI is InChI=1S/C15H12O3S/c1-19-10-3-5-13-12(8-10)11-4-2-9(7-15(16)17)6-14(11)18-13/h2-6,8H,7H2,1H3,(H,16,17). The van der Waals surface area contributed by atoms with E-state index in [1.807, 2.05) is 36.6 Å². The van der Waals surface area contributed by atoms with Crippen molar-refractivity contribution in [1.29, 1.82) is 0 Å². The second-order valence-electron chi connectivity index (χ2n) is 4.37. The molecule has 0 aliphatic rings. The van der Waals surface area contributed by atoms with Crippen LogP contribution in [0.25, 0.3) is 21.9 Å². The van der Waals surface area contributed by atoms with E-state index in [1.54, 1.807) is 11.8 Å². The van der Waals surface area contributed by atoms with Crippen LogP contribution in [0.4, 0.5) is 0 Å². The van der Waals surface area contributed by atoms with Gasteiger partial charge in [-0.25, -0.2) is 0 Å². The number of benzene rings is 2. The van der Waals surface area contributed by atoms with E-state index in [1.165, 1.54) is 4.90 Å². The highest BCUT2D eigenvalue weighted by atomic mass is 32.2. The third-order valence-corrected chi connectivity index (χ3v) is 3.82. The molecule has 3 rings (SSSR count). The maximum absolute atomic E-state index is 10.7. The molecule has 1 heterocycles. The predicted molar refractivity (Wildman–Crippen MR) is 76.8 cm³/mol. The van der Waals surface area contributed by atoms with Gasteiger partial charge in [-0.1, -0.05) is 12.1 Å². The van der Waals surface area contributed by atoms with Gasteiger partial charge in [0.05, 0.1) is 6.42 Å². The van der Waals surface area contributed by atoms with Crippen LogP contribution in [-0.4, -0.2) is 17.3 Å². The van der Waals surface area contributed by atoms with Crippen molar-refractivity contribution in [3.63, 3.8) is 0 Å². The maximum atomic E-state index is 10.7. The van der Waals surface area contributed by atoms with E-state index >= 15 is 0 Å². The summed E-state index contributed by atoms with van der Waals surface area (Å²) in [6.45, 7) is 0. The van der Waals surface area contributed by atoms with Crippen molar-refractivity contribution in [3.05, 3.63) is 42.0 Å². The Morgan fingerprint density at radius 1 is 1.16 bits per heavy atom. The molecule has 0 unspecified atom stereocenters. The highest BCUT2D eigenvalue weighted by Gasteiger charge is 2.09. The minimum atomic E-state index is -0.833. The number of carboxylic acid groups (broad SMARTS) is 1. The van der Waals surface area contributed by atoms with Crippen LogP contribution in [0.3, 0.4) is 0 Å². The van der Waals surface area contributed by atoms with E-state index in [9.17, 15) is 4.79 Å². The number of carboxylic acids is 1. The number of rotatable bonds is 3. The second-order valence-corrected chi connectivity index (χ2v) is 5.24. The van der Waals surface area contributed by atoms with Crippen molar-refractivity contribution < 1.29 is 14.3 Å². The summed E-state index contributed by atoms with van der Waals surface area (Å²) in [5.41, 5.74) is 2.33. The first-order valence-electron chi connectivity index (χ1n) is 5.88. The molecule has 3 nitrogen and oxygen atoms in total. The lowest BCUT2D eigenvalue weighted by molar-refractivity contribution is -0.136. The zero-order valence-corrected chi connectivity index (χ0v) is 11.2. The van der Waals surface area contributed by atoms with Gasteiger partial charge in [-0.2, -0.15) is 0 Å². The number of fused-ring (bicyclic) bond motifs is 3. The molecule has 0 saturated carbocycles. The molecule has 3 aromatic rings. The molecule has 19 heavy (non-hydrogen) atoms. The maximum Gasteiger partial charge on any atom is 0.307 e. The minimum Gasteiger partial charge on any atom is -0.481 e. The van der Waals surface area contributed by atoms with Gasteiger partial charge in [0.2, 0.25) is 0 Å². The molecule has 0 aliphatic heterocycles. The van der Waals surface area contributed by atoms with Gasteiger partial charge in [0.25, 0.3) is 0 Å². The van der Waals surface area contributed by atoms with Crippen molar-refractivity contribution in [2.75, 3.05) is 6.26 Å². The first kappa shape index (κ1) is 12.1. The average Bonchev–Trinajstić information content (AvgIpc) is 2.74. The Bertz CT molecular complexity index is 774. The van der Waals surface area contributed by atoms with Gasteiger partial charge in [0.15, 0.2) is 0 Å². The van der Waals surface area contributed by atoms with Gasteiger partial charge in [0.1, 0.15) is 11.2 Å². The zero-order valence-electron chi connectivity index (χ0n) is 10.3. The Labute approximate surface area is 114 Å². The summed E-state index contributed by atoms with van der Waals surface area (Å²) in [5, 5.41) is 10.9. The van der Waals surface area contributed by atoms with Crippen LogP contribution in [-0.2, 0) is 11.2 Å². The molecule has 0 saturated heterocycles. The third-order valence-electron chi connectivity index (χ3n) is 3.10. The quantitative estimate of drug-likeness (QED) is 0.734. The monoisotopic (exact) mass is 272 g/mol. The molecule has 2 aromatic carbocycles. The van der Waals surface area contributed by atoms with E-state index in [2.05, 4.69) is 6.07 Å². The van der Waals surface area contributed by atoms with Crippen molar-refractivity contribution in [2.24, 2.45) is 0 Å². The largest absolute Gasteiger partial charge is 0.481 e. The molecule has 1 N–H and O–H groups in total. The lowest BCUT2D eigenvalue weighted by atomic mass is 10.1. The Kier molecular flexibility index (Phi) is 2.95. The zero-order chi connectivity index (χ0) is 13.4. The van der Waals surface area contributed by atoms with Crippen LogP contribution in [0.2, 0.25) is 0 Å². The molecular weight excluding hydrogens is 260 g/mol. The van der Waals surface area contributed by atoms with Gasteiger partial charge in [0, 0.05) is 15.7 Å². The van der Waals surface area contributed by atoms with E-state index in [-0.39, 0.29) is 6.42 Å². The first-order chi connectivity index (χ1) is 9.17. The number of hydrogen-bond donors (Lipinski definition) is 1. The molecule has 0 bridgehead atoms. The summed E-state index contributed by atoms with van der Waals surface area (Å²) in [7, 11) is 0. The summed E-state index contributed by atoms with van der Waals surface area (Å²) in [6.07, 6.45) is 2.05. The molecule has 0 amide bonds. The van der Waals surface area contributed by atoms with Gasteiger partial charge in [-0.15, -0.1) is 11.8 Å². The van der Waals surface area contributed by atoms with Gasteiger partial charge in [-0.05, 0) is 36.1 Å². The number of furan rings is 1. The number of carbonyl (C=O) groups is 1. The average molecular weight is 272 g/mol. The smallest absolute Gasteiger partial charge is 0.307 e. The number of hydrogen-bond acceptors (Lipinski definition) is 3. The Morgan fingerprint density at radius 2 is 2.00 bits per heavy atom. The van der Waals surface area contributed by atoms with E-state index in [0.717, 1.165) is 27.5 Å². The highest BCUT2D eigenvalue weighted by Crippen LogP contribution is 2.32. The summed E-state index contributed by atoms with van der Waals surface area (Å²) >= 11 is 1.69. The molecule has 0 aliphatic carbocycles. The van der Waals surface area contributed by atoms with E-state index < -0.39 is 5.97 Å². The van der Waals surface area contributed by atoms with Crippen LogP contribution in [0.15, 0.2) is 45.7 Å². The fourth-order valence-corrected chi connectivity index (χ4v) is 2.65. The molecule has 96 valence electrons. The van der Waals surface area contributed by atoms with Crippen LogP contribution in [0.1, 0.15) is 5.56 Å².